The van der Waals surface area contributed by atoms with Crippen LogP contribution in [0.5, 0.6) is 0 Å². The zero-order chi connectivity index (χ0) is 11.6. The molecule has 1 fully saturated rings. The molecule has 0 aliphatic heterocycles. The van der Waals surface area contributed by atoms with Gasteiger partial charge in [-0.1, -0.05) is 46.5 Å². The van der Waals surface area contributed by atoms with Crippen molar-refractivity contribution in [1.82, 2.24) is 4.98 Å². The molecular weight excluding hydrogens is 198 g/mol. The Morgan fingerprint density at radius 2 is 2.00 bits per heavy atom. The minimum atomic E-state index is 0.293. The zero-order valence-corrected chi connectivity index (χ0v) is 10.8. The van der Waals surface area contributed by atoms with Crippen LogP contribution in [-0.2, 0) is 12.8 Å². The van der Waals surface area contributed by atoms with Crippen molar-refractivity contribution in [3.8, 4) is 0 Å². The van der Waals surface area contributed by atoms with Crippen molar-refractivity contribution >= 4 is 0 Å². The summed E-state index contributed by atoms with van der Waals surface area (Å²) in [6.45, 7) is 6.75. The van der Waals surface area contributed by atoms with E-state index in [1.165, 1.54) is 31.4 Å². The van der Waals surface area contributed by atoms with Gasteiger partial charge in [0.05, 0.1) is 5.69 Å². The molecular formula is C14H23NO. The summed E-state index contributed by atoms with van der Waals surface area (Å²) < 4.78 is 5.56. The maximum Gasteiger partial charge on any atom is 0.181 e. The van der Waals surface area contributed by atoms with E-state index < -0.39 is 0 Å². The average molecular weight is 221 g/mol. The summed E-state index contributed by atoms with van der Waals surface area (Å²) >= 11 is 0. The molecule has 0 spiro atoms. The van der Waals surface area contributed by atoms with Crippen LogP contribution in [0, 0.1) is 11.3 Å². The van der Waals surface area contributed by atoms with Crippen molar-refractivity contribution in [3.63, 3.8) is 0 Å². The van der Waals surface area contributed by atoms with Crippen LogP contribution in [-0.4, -0.2) is 4.98 Å². The summed E-state index contributed by atoms with van der Waals surface area (Å²) in [5, 5.41) is 0. The van der Waals surface area contributed by atoms with Gasteiger partial charge in [-0.2, -0.15) is 0 Å². The minimum Gasteiger partial charge on any atom is -0.448 e. The highest BCUT2D eigenvalue weighted by atomic mass is 16.3. The molecule has 1 aromatic rings. The van der Waals surface area contributed by atoms with Crippen LogP contribution in [0.1, 0.15) is 57.9 Å². The van der Waals surface area contributed by atoms with E-state index in [1.807, 2.05) is 0 Å². The Morgan fingerprint density at radius 3 is 2.62 bits per heavy atom. The summed E-state index contributed by atoms with van der Waals surface area (Å²) in [5.41, 5.74) is 1.47. The second kappa shape index (κ2) is 4.60. The summed E-state index contributed by atoms with van der Waals surface area (Å²) in [5.74, 6) is 1.98. The standard InChI is InChI=1S/C14H23NO/c1-14(2,3)9-12-13(16-10-15-12)8-11-6-4-5-7-11/h10-11H,4-9H2,1-3H3. The van der Waals surface area contributed by atoms with Gasteiger partial charge in [0.25, 0.3) is 0 Å². The van der Waals surface area contributed by atoms with E-state index in [1.54, 1.807) is 6.39 Å². The Kier molecular flexibility index (Phi) is 3.36. The molecule has 1 aliphatic carbocycles. The Labute approximate surface area is 98.5 Å². The van der Waals surface area contributed by atoms with Crippen molar-refractivity contribution in [2.75, 3.05) is 0 Å². The molecule has 16 heavy (non-hydrogen) atoms. The first kappa shape index (κ1) is 11.7. The van der Waals surface area contributed by atoms with Gasteiger partial charge in [0, 0.05) is 6.42 Å². The SMILES string of the molecule is CC(C)(C)Cc1ncoc1CC1CCCC1. The van der Waals surface area contributed by atoms with Gasteiger partial charge in [-0.25, -0.2) is 4.98 Å². The van der Waals surface area contributed by atoms with Gasteiger partial charge in [-0.3, -0.25) is 0 Å². The summed E-state index contributed by atoms with van der Waals surface area (Å²) in [4.78, 5) is 4.38. The van der Waals surface area contributed by atoms with Crippen LogP contribution in [0.3, 0.4) is 0 Å². The van der Waals surface area contributed by atoms with Crippen molar-refractivity contribution < 1.29 is 4.42 Å². The third kappa shape index (κ3) is 3.10. The lowest BCUT2D eigenvalue weighted by Crippen LogP contribution is -2.12. The van der Waals surface area contributed by atoms with Gasteiger partial charge in [0.2, 0.25) is 0 Å². The zero-order valence-electron chi connectivity index (χ0n) is 10.8. The Morgan fingerprint density at radius 1 is 1.31 bits per heavy atom. The monoisotopic (exact) mass is 221 g/mol. The topological polar surface area (TPSA) is 26.0 Å². The minimum absolute atomic E-state index is 0.293. The van der Waals surface area contributed by atoms with E-state index in [0.717, 1.165) is 24.5 Å². The normalized spacial score (nSPS) is 18.2. The molecule has 0 atom stereocenters. The largest absolute Gasteiger partial charge is 0.448 e. The second-order valence-corrected chi connectivity index (χ2v) is 6.31. The van der Waals surface area contributed by atoms with Crippen molar-refractivity contribution in [3.05, 3.63) is 17.8 Å². The van der Waals surface area contributed by atoms with E-state index in [0.29, 0.717) is 5.41 Å². The highest BCUT2D eigenvalue weighted by Crippen LogP contribution is 2.30. The molecule has 2 heteroatoms. The highest BCUT2D eigenvalue weighted by molar-refractivity contribution is 5.10. The van der Waals surface area contributed by atoms with Crippen molar-refractivity contribution in [1.29, 1.82) is 0 Å². The van der Waals surface area contributed by atoms with Crippen molar-refractivity contribution in [2.45, 2.75) is 59.3 Å². The molecule has 0 bridgehead atoms. The first-order chi connectivity index (χ1) is 7.54. The second-order valence-electron chi connectivity index (χ2n) is 6.31. The van der Waals surface area contributed by atoms with Gasteiger partial charge < -0.3 is 4.42 Å². The quantitative estimate of drug-likeness (QED) is 0.771. The molecule has 1 saturated carbocycles. The predicted molar refractivity (Wildman–Crippen MR) is 65.3 cm³/mol. The molecule has 0 radical (unpaired) electrons. The third-order valence-corrected chi connectivity index (χ3v) is 3.37. The Hall–Kier alpha value is -0.790. The molecule has 0 saturated heterocycles. The fraction of sp³-hybridized carbons (Fsp3) is 0.786. The van der Waals surface area contributed by atoms with Crippen LogP contribution in [0.4, 0.5) is 0 Å². The van der Waals surface area contributed by atoms with Crippen LogP contribution in [0.25, 0.3) is 0 Å². The molecule has 2 rings (SSSR count). The predicted octanol–water partition coefficient (Wildman–Crippen LogP) is 4.00. The number of oxazole rings is 1. The number of aromatic nitrogens is 1. The summed E-state index contributed by atoms with van der Waals surface area (Å²) in [7, 11) is 0. The first-order valence-corrected chi connectivity index (χ1v) is 6.46. The first-order valence-electron chi connectivity index (χ1n) is 6.46. The number of nitrogens with zero attached hydrogens (tertiary/aromatic N) is 1. The summed E-state index contributed by atoms with van der Waals surface area (Å²) in [6, 6.07) is 0. The molecule has 90 valence electrons. The number of rotatable bonds is 3. The van der Waals surface area contributed by atoms with E-state index in [9.17, 15) is 0 Å². The van der Waals surface area contributed by atoms with E-state index in [-0.39, 0.29) is 0 Å². The molecule has 0 N–H and O–H groups in total. The van der Waals surface area contributed by atoms with Crippen LogP contribution in [0.15, 0.2) is 10.8 Å². The van der Waals surface area contributed by atoms with E-state index >= 15 is 0 Å². The fourth-order valence-electron chi connectivity index (χ4n) is 2.58. The molecule has 1 aliphatic rings. The maximum absolute atomic E-state index is 5.56. The lowest BCUT2D eigenvalue weighted by atomic mass is 9.89. The van der Waals surface area contributed by atoms with Crippen LogP contribution < -0.4 is 0 Å². The van der Waals surface area contributed by atoms with Crippen LogP contribution >= 0.6 is 0 Å². The van der Waals surface area contributed by atoms with Crippen LogP contribution in [0.2, 0.25) is 0 Å². The van der Waals surface area contributed by atoms with Gasteiger partial charge in [0.15, 0.2) is 6.39 Å². The molecule has 0 amide bonds. The van der Waals surface area contributed by atoms with Gasteiger partial charge >= 0.3 is 0 Å². The molecule has 2 nitrogen and oxygen atoms in total. The number of hydrogen-bond donors (Lipinski definition) is 0. The molecule has 0 unspecified atom stereocenters. The summed E-state index contributed by atoms with van der Waals surface area (Å²) in [6.07, 6.45) is 9.27. The molecule has 1 heterocycles. The molecule has 1 aromatic heterocycles. The Balaban J connectivity index is 2.01. The van der Waals surface area contributed by atoms with E-state index in [4.69, 9.17) is 4.42 Å². The van der Waals surface area contributed by atoms with Gasteiger partial charge in [-0.15, -0.1) is 0 Å². The highest BCUT2D eigenvalue weighted by Gasteiger charge is 2.22. The fourth-order valence-corrected chi connectivity index (χ4v) is 2.58. The van der Waals surface area contributed by atoms with Gasteiger partial charge in [-0.05, 0) is 17.8 Å². The average Bonchev–Trinajstić information content (AvgIpc) is 2.77. The third-order valence-electron chi connectivity index (χ3n) is 3.37. The van der Waals surface area contributed by atoms with E-state index in [2.05, 4.69) is 25.8 Å². The number of hydrogen-bond acceptors (Lipinski definition) is 2. The maximum atomic E-state index is 5.56. The smallest absolute Gasteiger partial charge is 0.181 e. The van der Waals surface area contributed by atoms with Crippen molar-refractivity contribution in [2.24, 2.45) is 11.3 Å². The Bertz CT molecular complexity index is 329. The molecule has 0 aromatic carbocycles. The van der Waals surface area contributed by atoms with Gasteiger partial charge in [0.1, 0.15) is 5.76 Å². The lowest BCUT2D eigenvalue weighted by molar-refractivity contribution is 0.393. The lowest BCUT2D eigenvalue weighted by Gasteiger charge is -2.17.